The highest BCUT2D eigenvalue weighted by molar-refractivity contribution is 7.89. The molecule has 8 heteroatoms. The quantitative estimate of drug-likeness (QED) is 0.807. The van der Waals surface area contributed by atoms with Crippen molar-refractivity contribution in [3.05, 3.63) is 30.6 Å². The Morgan fingerprint density at radius 3 is 2.76 bits per heavy atom. The van der Waals surface area contributed by atoms with Crippen molar-refractivity contribution in [1.82, 2.24) is 24.5 Å². The van der Waals surface area contributed by atoms with Gasteiger partial charge in [0.2, 0.25) is 10.0 Å². The fourth-order valence-corrected chi connectivity index (χ4v) is 3.50. The van der Waals surface area contributed by atoms with E-state index in [0.29, 0.717) is 5.69 Å². The minimum Gasteiger partial charge on any atom is -0.207 e. The van der Waals surface area contributed by atoms with Crippen LogP contribution >= 0.6 is 0 Å². The summed E-state index contributed by atoms with van der Waals surface area (Å²) in [7, 11) is -1.91. The third-order valence-corrected chi connectivity index (χ3v) is 5.40. The van der Waals surface area contributed by atoms with Gasteiger partial charge in [0.25, 0.3) is 0 Å². The maximum atomic E-state index is 12.6. The number of hydrogen-bond donors (Lipinski definition) is 0. The Bertz CT molecular complexity index is 684. The first kappa shape index (κ1) is 15.6. The van der Waals surface area contributed by atoms with Crippen LogP contribution in [-0.2, 0) is 10.0 Å². The molecule has 0 saturated heterocycles. The molecule has 1 atom stereocenters. The number of rotatable bonds is 6. The van der Waals surface area contributed by atoms with Crippen LogP contribution in [0, 0.1) is 0 Å². The van der Waals surface area contributed by atoms with Gasteiger partial charge in [-0.05, 0) is 42.0 Å². The van der Waals surface area contributed by atoms with E-state index in [1.807, 2.05) is 13.8 Å². The van der Waals surface area contributed by atoms with Gasteiger partial charge in [-0.3, -0.25) is 0 Å². The monoisotopic (exact) mass is 309 g/mol. The molecule has 2 rings (SSSR count). The Labute approximate surface area is 124 Å². The fraction of sp³-hybridized carbons (Fsp3) is 0.462. The maximum absolute atomic E-state index is 12.6. The fourth-order valence-electron chi connectivity index (χ4n) is 2.07. The van der Waals surface area contributed by atoms with Crippen LogP contribution < -0.4 is 0 Å². The summed E-state index contributed by atoms with van der Waals surface area (Å²) >= 11 is 0. The molecule has 0 fully saturated rings. The van der Waals surface area contributed by atoms with Crippen LogP contribution in [0.5, 0.6) is 0 Å². The van der Waals surface area contributed by atoms with E-state index in [1.54, 1.807) is 31.3 Å². The largest absolute Gasteiger partial charge is 0.243 e. The number of hydrogen-bond acceptors (Lipinski definition) is 5. The van der Waals surface area contributed by atoms with E-state index in [0.717, 1.165) is 12.8 Å². The Morgan fingerprint density at radius 1 is 1.38 bits per heavy atom. The Morgan fingerprint density at radius 2 is 2.14 bits per heavy atom. The summed E-state index contributed by atoms with van der Waals surface area (Å²) in [6.07, 6.45) is 3.18. The average Bonchev–Trinajstić information content (AvgIpc) is 3.01. The predicted octanol–water partition coefficient (Wildman–Crippen LogP) is 1.47. The molecule has 0 N–H and O–H groups in total. The van der Waals surface area contributed by atoms with E-state index in [4.69, 9.17) is 0 Å². The van der Waals surface area contributed by atoms with Gasteiger partial charge in [-0.15, -0.1) is 5.10 Å². The van der Waals surface area contributed by atoms with E-state index >= 15 is 0 Å². The Balaban J connectivity index is 2.35. The van der Waals surface area contributed by atoms with Crippen molar-refractivity contribution in [1.29, 1.82) is 0 Å². The summed E-state index contributed by atoms with van der Waals surface area (Å²) in [4.78, 5) is 0.237. The molecule has 0 amide bonds. The molecule has 1 aromatic heterocycles. The first-order valence-corrected chi connectivity index (χ1v) is 8.22. The lowest BCUT2D eigenvalue weighted by Crippen LogP contribution is -2.35. The second-order valence-electron chi connectivity index (χ2n) is 4.91. The molecule has 0 aliphatic heterocycles. The van der Waals surface area contributed by atoms with E-state index in [9.17, 15) is 8.42 Å². The second-order valence-corrected chi connectivity index (χ2v) is 6.91. The van der Waals surface area contributed by atoms with Crippen LogP contribution in [0.25, 0.3) is 5.69 Å². The van der Waals surface area contributed by atoms with Gasteiger partial charge in [0.15, 0.2) is 0 Å². The summed E-state index contributed by atoms with van der Waals surface area (Å²) in [5.41, 5.74) is 0.609. The molecule has 7 nitrogen and oxygen atoms in total. The summed E-state index contributed by atoms with van der Waals surface area (Å²) in [6, 6.07) is 6.54. The van der Waals surface area contributed by atoms with E-state index in [1.165, 1.54) is 15.3 Å². The summed E-state index contributed by atoms with van der Waals surface area (Å²) in [6.45, 7) is 3.95. The van der Waals surface area contributed by atoms with Crippen molar-refractivity contribution in [3.63, 3.8) is 0 Å². The summed E-state index contributed by atoms with van der Waals surface area (Å²) in [5.74, 6) is 0. The summed E-state index contributed by atoms with van der Waals surface area (Å²) in [5, 5.41) is 10.9. The van der Waals surface area contributed by atoms with Crippen LogP contribution in [0.3, 0.4) is 0 Å². The van der Waals surface area contributed by atoms with Crippen molar-refractivity contribution >= 4 is 10.0 Å². The lowest BCUT2D eigenvalue weighted by Gasteiger charge is -2.24. The number of aromatic nitrogens is 4. The van der Waals surface area contributed by atoms with Gasteiger partial charge >= 0.3 is 0 Å². The van der Waals surface area contributed by atoms with Gasteiger partial charge in [0, 0.05) is 13.1 Å². The van der Waals surface area contributed by atoms with Crippen molar-refractivity contribution in [2.24, 2.45) is 0 Å². The molecular formula is C13H19N5O2S. The molecule has 114 valence electrons. The molecule has 2 aromatic rings. The van der Waals surface area contributed by atoms with Crippen LogP contribution in [0.1, 0.15) is 26.7 Å². The highest BCUT2D eigenvalue weighted by Crippen LogP contribution is 2.20. The van der Waals surface area contributed by atoms with Crippen molar-refractivity contribution in [3.8, 4) is 5.69 Å². The first-order valence-electron chi connectivity index (χ1n) is 6.78. The second kappa shape index (κ2) is 6.31. The topological polar surface area (TPSA) is 81.0 Å². The molecule has 0 radical (unpaired) electrons. The van der Waals surface area contributed by atoms with Crippen LogP contribution in [0.15, 0.2) is 35.5 Å². The molecular weight excluding hydrogens is 290 g/mol. The number of benzene rings is 1. The van der Waals surface area contributed by atoms with Gasteiger partial charge < -0.3 is 0 Å². The zero-order valence-corrected chi connectivity index (χ0v) is 13.2. The molecule has 0 spiro atoms. The van der Waals surface area contributed by atoms with Gasteiger partial charge in [-0.2, -0.15) is 4.31 Å². The van der Waals surface area contributed by atoms with Crippen LogP contribution in [0.2, 0.25) is 0 Å². The third kappa shape index (κ3) is 3.27. The molecule has 21 heavy (non-hydrogen) atoms. The number of sulfonamides is 1. The van der Waals surface area contributed by atoms with Gasteiger partial charge in [-0.1, -0.05) is 19.4 Å². The minimum absolute atomic E-state index is 0.0447. The standard InChI is InChI=1S/C13H19N5O2S/c1-4-6-11(2)17(3)21(19,20)13-8-5-7-12(9-13)18-10-14-15-16-18/h5,7-11H,4,6H2,1-3H3/t11-/m0/s1. The van der Waals surface area contributed by atoms with Crippen molar-refractivity contribution in [2.45, 2.75) is 37.6 Å². The first-order chi connectivity index (χ1) is 9.96. The van der Waals surface area contributed by atoms with Crippen molar-refractivity contribution < 1.29 is 8.42 Å². The van der Waals surface area contributed by atoms with Crippen molar-refractivity contribution in [2.75, 3.05) is 7.05 Å². The minimum atomic E-state index is -3.52. The van der Waals surface area contributed by atoms with Crippen LogP contribution in [0.4, 0.5) is 0 Å². The molecule has 0 unspecified atom stereocenters. The molecule has 0 saturated carbocycles. The zero-order chi connectivity index (χ0) is 15.5. The predicted molar refractivity (Wildman–Crippen MR) is 78.5 cm³/mol. The molecule has 0 aliphatic carbocycles. The lowest BCUT2D eigenvalue weighted by molar-refractivity contribution is 0.368. The third-order valence-electron chi connectivity index (χ3n) is 3.44. The maximum Gasteiger partial charge on any atom is 0.243 e. The SMILES string of the molecule is CCC[C@H](C)N(C)S(=O)(=O)c1cccc(-n2cnnn2)c1. The smallest absolute Gasteiger partial charge is 0.207 e. The number of nitrogens with zero attached hydrogens (tertiary/aromatic N) is 5. The van der Waals surface area contributed by atoms with Gasteiger partial charge in [0.1, 0.15) is 6.33 Å². The van der Waals surface area contributed by atoms with Crippen LogP contribution in [-0.4, -0.2) is 46.0 Å². The number of tetrazole rings is 1. The van der Waals surface area contributed by atoms with Gasteiger partial charge in [-0.25, -0.2) is 13.1 Å². The highest BCUT2D eigenvalue weighted by Gasteiger charge is 2.25. The molecule has 1 heterocycles. The summed E-state index contributed by atoms with van der Waals surface area (Å²) < 4.78 is 28.1. The Hall–Kier alpha value is -1.80. The van der Waals surface area contributed by atoms with E-state index in [2.05, 4.69) is 15.5 Å². The molecule has 0 aliphatic rings. The molecule has 0 bridgehead atoms. The lowest BCUT2D eigenvalue weighted by atomic mass is 10.2. The molecule has 1 aromatic carbocycles. The zero-order valence-electron chi connectivity index (χ0n) is 12.3. The normalized spacial score (nSPS) is 13.5. The van der Waals surface area contributed by atoms with E-state index in [-0.39, 0.29) is 10.9 Å². The van der Waals surface area contributed by atoms with Gasteiger partial charge in [0.05, 0.1) is 10.6 Å². The Kier molecular flexibility index (Phi) is 4.69. The highest BCUT2D eigenvalue weighted by atomic mass is 32.2. The van der Waals surface area contributed by atoms with E-state index < -0.39 is 10.0 Å². The average molecular weight is 309 g/mol.